The number of piperidine rings is 1. The van der Waals surface area contributed by atoms with Gasteiger partial charge in [-0.15, -0.1) is 0 Å². The van der Waals surface area contributed by atoms with Crippen LogP contribution in [0.25, 0.3) is 0 Å². The van der Waals surface area contributed by atoms with Crippen molar-refractivity contribution in [1.82, 2.24) is 4.90 Å². The minimum absolute atomic E-state index is 0.189. The van der Waals surface area contributed by atoms with Gasteiger partial charge in [-0.1, -0.05) is 0 Å². The van der Waals surface area contributed by atoms with Crippen molar-refractivity contribution in [2.75, 3.05) is 24.6 Å². The second-order valence-corrected chi connectivity index (χ2v) is 7.10. The number of amides is 1. The predicted molar refractivity (Wildman–Crippen MR) is 70.1 cm³/mol. The van der Waals surface area contributed by atoms with Gasteiger partial charge in [0.05, 0.1) is 0 Å². The van der Waals surface area contributed by atoms with Gasteiger partial charge in [0.2, 0.25) is 0 Å². The quantitative estimate of drug-likeness (QED) is 0.716. The van der Waals surface area contributed by atoms with Crippen LogP contribution in [0.4, 0.5) is 4.79 Å². The summed E-state index contributed by atoms with van der Waals surface area (Å²) in [6, 6.07) is 0.259. The highest BCUT2D eigenvalue weighted by Gasteiger charge is 2.40. The van der Waals surface area contributed by atoms with Crippen LogP contribution in [0.2, 0.25) is 0 Å². The zero-order chi connectivity index (χ0) is 12.6. The Morgan fingerprint density at radius 1 is 1.29 bits per heavy atom. The zero-order valence-electron chi connectivity index (χ0n) is 10.8. The van der Waals surface area contributed by atoms with E-state index in [4.69, 9.17) is 10.5 Å². The number of fused-ring (bicyclic) bond motifs is 2. The summed E-state index contributed by atoms with van der Waals surface area (Å²) < 4.78 is 5.42. The van der Waals surface area contributed by atoms with Crippen molar-refractivity contribution < 1.29 is 9.53 Å². The fourth-order valence-corrected chi connectivity index (χ4v) is 3.84. The third-order valence-electron chi connectivity index (χ3n) is 3.31. The average Bonchev–Trinajstić information content (AvgIpc) is 2.13. The van der Waals surface area contributed by atoms with Crippen molar-refractivity contribution in [2.45, 2.75) is 32.4 Å². The summed E-state index contributed by atoms with van der Waals surface area (Å²) >= 11 is 1.96. The molecule has 2 unspecified atom stereocenters. The Kier molecular flexibility index (Phi) is 3.59. The Morgan fingerprint density at radius 3 is 2.29 bits per heavy atom. The highest BCUT2D eigenvalue weighted by atomic mass is 32.2. The first kappa shape index (κ1) is 13.0. The van der Waals surface area contributed by atoms with Gasteiger partial charge in [-0.25, -0.2) is 4.79 Å². The molecular formula is C12H22N2O2S. The molecule has 1 amide bonds. The first-order chi connectivity index (χ1) is 7.87. The normalized spacial score (nSPS) is 33.4. The molecule has 2 saturated heterocycles. The van der Waals surface area contributed by atoms with Crippen molar-refractivity contribution in [3.63, 3.8) is 0 Å². The number of nitrogens with two attached hydrogens (primary N) is 1. The van der Waals surface area contributed by atoms with E-state index >= 15 is 0 Å². The molecule has 2 heterocycles. The molecule has 0 aromatic heterocycles. The van der Waals surface area contributed by atoms with Crippen LogP contribution in [0.15, 0.2) is 0 Å². The summed E-state index contributed by atoms with van der Waals surface area (Å²) in [7, 11) is 0. The third kappa shape index (κ3) is 3.07. The maximum atomic E-state index is 12.0. The Hall–Kier alpha value is -0.420. The first-order valence-corrected chi connectivity index (χ1v) is 7.33. The number of rotatable bonds is 0. The summed E-state index contributed by atoms with van der Waals surface area (Å²) in [4.78, 5) is 13.8. The van der Waals surface area contributed by atoms with E-state index in [1.165, 1.54) is 0 Å². The van der Waals surface area contributed by atoms with E-state index in [2.05, 4.69) is 0 Å². The standard InChI is InChI=1S/C12H22N2O2S/c1-12(2,3)16-11(15)14-4-8-6-17-7-9(5-14)10(8)13/h8-10H,4-7,13H2,1-3H3. The summed E-state index contributed by atoms with van der Waals surface area (Å²) in [5, 5.41) is 0. The topological polar surface area (TPSA) is 55.6 Å². The summed E-state index contributed by atoms with van der Waals surface area (Å²) in [6.07, 6.45) is -0.189. The maximum absolute atomic E-state index is 12.0. The number of likely N-dealkylation sites (tertiary alicyclic amines) is 1. The maximum Gasteiger partial charge on any atom is 0.410 e. The molecule has 0 radical (unpaired) electrons. The number of thioether (sulfide) groups is 1. The molecule has 0 aromatic carbocycles. The van der Waals surface area contributed by atoms with Gasteiger partial charge in [0, 0.05) is 31.0 Å². The molecular weight excluding hydrogens is 236 g/mol. The second kappa shape index (κ2) is 4.69. The summed E-state index contributed by atoms with van der Waals surface area (Å²) in [6.45, 7) is 7.20. The molecule has 2 bridgehead atoms. The number of hydrogen-bond acceptors (Lipinski definition) is 4. The highest BCUT2D eigenvalue weighted by Crippen LogP contribution is 2.32. The molecule has 0 aromatic rings. The number of carbonyl (C=O) groups excluding carboxylic acids is 1. The van der Waals surface area contributed by atoms with E-state index in [1.54, 1.807) is 0 Å². The van der Waals surface area contributed by atoms with Gasteiger partial charge >= 0.3 is 6.09 Å². The Labute approximate surface area is 107 Å². The van der Waals surface area contributed by atoms with Crippen molar-refractivity contribution in [1.29, 1.82) is 0 Å². The molecule has 0 spiro atoms. The lowest BCUT2D eigenvalue weighted by molar-refractivity contribution is 0.00914. The summed E-state index contributed by atoms with van der Waals surface area (Å²) in [5.74, 6) is 2.99. The van der Waals surface area contributed by atoms with Crippen LogP contribution in [0.5, 0.6) is 0 Å². The minimum Gasteiger partial charge on any atom is -0.444 e. The lowest BCUT2D eigenvalue weighted by atomic mass is 9.86. The lowest BCUT2D eigenvalue weighted by Crippen LogP contribution is -2.58. The van der Waals surface area contributed by atoms with Gasteiger partial charge in [-0.2, -0.15) is 11.8 Å². The molecule has 0 aliphatic carbocycles. The number of hydrogen-bond donors (Lipinski definition) is 1. The number of carbonyl (C=O) groups is 1. The minimum atomic E-state index is -0.416. The van der Waals surface area contributed by atoms with Gasteiger partial charge in [-0.3, -0.25) is 0 Å². The van der Waals surface area contributed by atoms with Gasteiger partial charge in [0.1, 0.15) is 5.60 Å². The fourth-order valence-electron chi connectivity index (χ4n) is 2.44. The highest BCUT2D eigenvalue weighted by molar-refractivity contribution is 7.99. The van der Waals surface area contributed by atoms with Crippen LogP contribution in [0.1, 0.15) is 20.8 Å². The van der Waals surface area contributed by atoms with Crippen molar-refractivity contribution >= 4 is 17.9 Å². The Bertz CT molecular complexity index is 289. The van der Waals surface area contributed by atoms with Crippen LogP contribution in [-0.2, 0) is 4.74 Å². The van der Waals surface area contributed by atoms with E-state index in [0.717, 1.165) is 24.6 Å². The van der Waals surface area contributed by atoms with Crippen LogP contribution in [-0.4, -0.2) is 47.2 Å². The van der Waals surface area contributed by atoms with E-state index in [1.807, 2.05) is 37.4 Å². The molecule has 17 heavy (non-hydrogen) atoms. The van der Waals surface area contributed by atoms with Gasteiger partial charge in [0.15, 0.2) is 0 Å². The Morgan fingerprint density at radius 2 is 1.82 bits per heavy atom. The van der Waals surface area contributed by atoms with E-state index < -0.39 is 5.60 Å². The molecule has 2 aliphatic heterocycles. The number of nitrogens with zero attached hydrogens (tertiary/aromatic N) is 1. The monoisotopic (exact) mass is 258 g/mol. The molecule has 98 valence electrons. The average molecular weight is 258 g/mol. The number of ether oxygens (including phenoxy) is 1. The zero-order valence-corrected chi connectivity index (χ0v) is 11.6. The van der Waals surface area contributed by atoms with E-state index in [9.17, 15) is 4.79 Å². The first-order valence-electron chi connectivity index (χ1n) is 6.18. The van der Waals surface area contributed by atoms with Gasteiger partial charge < -0.3 is 15.4 Å². The molecule has 0 saturated carbocycles. The van der Waals surface area contributed by atoms with Crippen molar-refractivity contribution in [2.24, 2.45) is 17.6 Å². The smallest absolute Gasteiger partial charge is 0.410 e. The van der Waals surface area contributed by atoms with E-state index in [-0.39, 0.29) is 12.1 Å². The molecule has 4 nitrogen and oxygen atoms in total. The SMILES string of the molecule is CC(C)(C)OC(=O)N1CC2CSCC(C1)C2N. The molecule has 2 atom stereocenters. The molecule has 2 rings (SSSR count). The largest absolute Gasteiger partial charge is 0.444 e. The van der Waals surface area contributed by atoms with Crippen LogP contribution in [0, 0.1) is 11.8 Å². The fraction of sp³-hybridized carbons (Fsp3) is 0.917. The second-order valence-electron chi connectivity index (χ2n) is 6.02. The molecule has 5 heteroatoms. The Balaban J connectivity index is 1.97. The van der Waals surface area contributed by atoms with Crippen LogP contribution >= 0.6 is 11.8 Å². The van der Waals surface area contributed by atoms with Crippen molar-refractivity contribution in [3.05, 3.63) is 0 Å². The van der Waals surface area contributed by atoms with Crippen molar-refractivity contribution in [3.8, 4) is 0 Å². The van der Waals surface area contributed by atoms with Crippen LogP contribution < -0.4 is 5.73 Å². The summed E-state index contributed by atoms with van der Waals surface area (Å²) in [5.41, 5.74) is 5.77. The van der Waals surface area contributed by atoms with Crippen LogP contribution in [0.3, 0.4) is 0 Å². The molecule has 2 aliphatic rings. The third-order valence-corrected chi connectivity index (χ3v) is 4.64. The van der Waals surface area contributed by atoms with Gasteiger partial charge in [-0.05, 0) is 32.3 Å². The molecule has 2 fully saturated rings. The lowest BCUT2D eigenvalue weighted by Gasteiger charge is -2.45. The van der Waals surface area contributed by atoms with Gasteiger partial charge in [0.25, 0.3) is 0 Å². The predicted octanol–water partition coefficient (Wildman–Crippen LogP) is 1.54. The van der Waals surface area contributed by atoms with E-state index in [0.29, 0.717) is 11.8 Å². The molecule has 2 N–H and O–H groups in total.